The van der Waals surface area contributed by atoms with Crippen molar-refractivity contribution in [1.82, 2.24) is 15.2 Å². The molecular formula is C14H17N3O3S2. The molecule has 0 bridgehead atoms. The number of hydrazine groups is 1. The minimum absolute atomic E-state index is 0.0356. The standard InChI is InChI=1S/C14H17N3O3S2/c1-9-4-5-12(10(2)6-9)22(19,20)17-16-13(18)7-14-15-11(3)8-21-14/h4-6,8,17H,7H2,1-3H3,(H,16,18). The highest BCUT2D eigenvalue weighted by Gasteiger charge is 2.18. The Kier molecular flexibility index (Phi) is 4.94. The number of aromatic nitrogens is 1. The molecule has 0 atom stereocenters. The van der Waals surface area contributed by atoms with E-state index < -0.39 is 15.9 Å². The van der Waals surface area contributed by atoms with E-state index >= 15 is 0 Å². The summed E-state index contributed by atoms with van der Waals surface area (Å²) in [4.78, 5) is 18.2. The SMILES string of the molecule is Cc1ccc(S(=O)(=O)NNC(=O)Cc2nc(C)cs2)c(C)c1. The van der Waals surface area contributed by atoms with Gasteiger partial charge in [-0.25, -0.2) is 13.4 Å². The molecule has 1 amide bonds. The molecule has 0 spiro atoms. The number of sulfonamides is 1. The fourth-order valence-corrected chi connectivity index (χ4v) is 3.80. The van der Waals surface area contributed by atoms with Crippen molar-refractivity contribution in [3.05, 3.63) is 45.4 Å². The van der Waals surface area contributed by atoms with Crippen LogP contribution in [0.3, 0.4) is 0 Å². The van der Waals surface area contributed by atoms with Gasteiger partial charge in [-0.05, 0) is 32.4 Å². The summed E-state index contributed by atoms with van der Waals surface area (Å²) in [6.07, 6.45) is 0.0356. The molecule has 0 aliphatic carbocycles. The number of rotatable bonds is 5. The van der Waals surface area contributed by atoms with Crippen molar-refractivity contribution in [2.24, 2.45) is 0 Å². The lowest BCUT2D eigenvalue weighted by atomic mass is 10.2. The zero-order valence-electron chi connectivity index (χ0n) is 12.5. The van der Waals surface area contributed by atoms with Crippen molar-refractivity contribution < 1.29 is 13.2 Å². The lowest BCUT2D eigenvalue weighted by molar-refractivity contribution is -0.120. The van der Waals surface area contributed by atoms with Gasteiger partial charge in [0, 0.05) is 11.1 Å². The lowest BCUT2D eigenvalue weighted by Gasteiger charge is -2.10. The van der Waals surface area contributed by atoms with Crippen LogP contribution in [0.4, 0.5) is 0 Å². The Balaban J connectivity index is 2.01. The molecule has 0 radical (unpaired) electrons. The van der Waals surface area contributed by atoms with E-state index in [-0.39, 0.29) is 11.3 Å². The number of thiazole rings is 1. The fourth-order valence-electron chi connectivity index (χ4n) is 1.95. The Bertz CT molecular complexity index is 797. The normalized spacial score (nSPS) is 11.4. The second kappa shape index (κ2) is 6.55. The number of hydrogen-bond donors (Lipinski definition) is 2. The Morgan fingerprint density at radius 2 is 2.00 bits per heavy atom. The molecule has 2 aromatic rings. The van der Waals surface area contributed by atoms with Gasteiger partial charge >= 0.3 is 0 Å². The van der Waals surface area contributed by atoms with Gasteiger partial charge in [0.05, 0.1) is 11.3 Å². The molecule has 0 aliphatic rings. The molecule has 0 aliphatic heterocycles. The maximum Gasteiger partial charge on any atom is 0.257 e. The third-order valence-electron chi connectivity index (χ3n) is 2.92. The molecule has 2 N–H and O–H groups in total. The van der Waals surface area contributed by atoms with Crippen molar-refractivity contribution in [1.29, 1.82) is 0 Å². The second-order valence-corrected chi connectivity index (χ2v) is 7.58. The van der Waals surface area contributed by atoms with Gasteiger partial charge in [0.1, 0.15) is 5.01 Å². The maximum absolute atomic E-state index is 12.2. The first kappa shape index (κ1) is 16.6. The first-order valence-electron chi connectivity index (χ1n) is 6.57. The Hall–Kier alpha value is -1.77. The number of aryl methyl sites for hydroxylation is 3. The Morgan fingerprint density at radius 1 is 1.27 bits per heavy atom. The number of hydrogen-bond acceptors (Lipinski definition) is 5. The number of nitrogens with one attached hydrogen (secondary N) is 2. The van der Waals surface area contributed by atoms with Crippen LogP contribution in [0.1, 0.15) is 21.8 Å². The van der Waals surface area contributed by atoms with Crippen LogP contribution < -0.4 is 10.3 Å². The molecule has 0 saturated carbocycles. The fraction of sp³-hybridized carbons (Fsp3) is 0.286. The highest BCUT2D eigenvalue weighted by Crippen LogP contribution is 2.15. The first-order valence-corrected chi connectivity index (χ1v) is 8.93. The summed E-state index contributed by atoms with van der Waals surface area (Å²) in [5, 5.41) is 2.48. The minimum atomic E-state index is -3.79. The predicted octanol–water partition coefficient (Wildman–Crippen LogP) is 1.62. The molecule has 0 saturated heterocycles. The lowest BCUT2D eigenvalue weighted by Crippen LogP contribution is -2.42. The van der Waals surface area contributed by atoms with Gasteiger partial charge in [-0.3, -0.25) is 10.2 Å². The van der Waals surface area contributed by atoms with Crippen LogP contribution in [0, 0.1) is 20.8 Å². The Morgan fingerprint density at radius 3 is 2.59 bits per heavy atom. The summed E-state index contributed by atoms with van der Waals surface area (Å²) in [5.41, 5.74) is 4.64. The number of amides is 1. The third-order valence-corrected chi connectivity index (χ3v) is 5.30. The van der Waals surface area contributed by atoms with Crippen molar-refractivity contribution in [2.45, 2.75) is 32.1 Å². The van der Waals surface area contributed by atoms with Crippen LogP contribution in [-0.4, -0.2) is 19.3 Å². The second-order valence-electron chi connectivity index (χ2n) is 4.98. The van der Waals surface area contributed by atoms with Crippen LogP contribution in [0.5, 0.6) is 0 Å². The molecule has 8 heteroatoms. The number of benzene rings is 1. The Labute approximate surface area is 133 Å². The first-order chi connectivity index (χ1) is 10.3. The van der Waals surface area contributed by atoms with E-state index in [4.69, 9.17) is 0 Å². The molecule has 1 aromatic heterocycles. The van der Waals surface area contributed by atoms with Crippen molar-refractivity contribution in [2.75, 3.05) is 0 Å². The van der Waals surface area contributed by atoms with E-state index in [9.17, 15) is 13.2 Å². The van der Waals surface area contributed by atoms with Gasteiger partial charge in [0.15, 0.2) is 0 Å². The average molecular weight is 339 g/mol. The molecule has 118 valence electrons. The van der Waals surface area contributed by atoms with Gasteiger partial charge in [-0.1, -0.05) is 17.7 Å². The van der Waals surface area contributed by atoms with E-state index in [2.05, 4.69) is 15.2 Å². The van der Waals surface area contributed by atoms with Crippen LogP contribution in [-0.2, 0) is 21.2 Å². The van der Waals surface area contributed by atoms with Crippen LogP contribution in [0.2, 0.25) is 0 Å². The molecule has 1 aromatic carbocycles. The number of carbonyl (C=O) groups excluding carboxylic acids is 1. The van der Waals surface area contributed by atoms with Crippen molar-refractivity contribution in [3.8, 4) is 0 Å². The third kappa shape index (κ3) is 4.12. The van der Waals surface area contributed by atoms with E-state index in [1.807, 2.05) is 19.2 Å². The summed E-state index contributed by atoms with van der Waals surface area (Å²) in [7, 11) is -3.79. The molecule has 22 heavy (non-hydrogen) atoms. The van der Waals surface area contributed by atoms with Gasteiger partial charge in [-0.15, -0.1) is 16.2 Å². The molecule has 2 rings (SSSR count). The summed E-state index contributed by atoms with van der Waals surface area (Å²) in [5.74, 6) is -0.456. The van der Waals surface area contributed by atoms with E-state index in [0.29, 0.717) is 10.6 Å². The monoisotopic (exact) mass is 339 g/mol. The summed E-state index contributed by atoms with van der Waals surface area (Å²) >= 11 is 1.36. The smallest absolute Gasteiger partial charge is 0.257 e. The van der Waals surface area contributed by atoms with E-state index in [1.54, 1.807) is 19.1 Å². The summed E-state index contributed by atoms with van der Waals surface area (Å²) in [6.45, 7) is 5.43. The number of carbonyl (C=O) groups is 1. The average Bonchev–Trinajstić information content (AvgIpc) is 2.81. The van der Waals surface area contributed by atoms with E-state index in [0.717, 1.165) is 11.3 Å². The van der Waals surface area contributed by atoms with Crippen LogP contribution >= 0.6 is 11.3 Å². The topological polar surface area (TPSA) is 88.2 Å². The zero-order valence-corrected chi connectivity index (χ0v) is 14.1. The molecule has 6 nitrogen and oxygen atoms in total. The quantitative estimate of drug-likeness (QED) is 0.810. The summed E-state index contributed by atoms with van der Waals surface area (Å²) in [6, 6.07) is 5.00. The van der Waals surface area contributed by atoms with Gasteiger partial charge in [0.2, 0.25) is 5.91 Å². The highest BCUT2D eigenvalue weighted by atomic mass is 32.2. The maximum atomic E-state index is 12.2. The molecular weight excluding hydrogens is 322 g/mol. The molecule has 0 fully saturated rings. The van der Waals surface area contributed by atoms with Crippen LogP contribution in [0.15, 0.2) is 28.5 Å². The number of nitrogens with zero attached hydrogens (tertiary/aromatic N) is 1. The molecule has 0 unspecified atom stereocenters. The molecule has 1 heterocycles. The van der Waals surface area contributed by atoms with Crippen molar-refractivity contribution in [3.63, 3.8) is 0 Å². The minimum Gasteiger partial charge on any atom is -0.277 e. The highest BCUT2D eigenvalue weighted by molar-refractivity contribution is 7.89. The van der Waals surface area contributed by atoms with E-state index in [1.165, 1.54) is 17.4 Å². The van der Waals surface area contributed by atoms with Gasteiger partial charge in [0.25, 0.3) is 10.0 Å². The largest absolute Gasteiger partial charge is 0.277 e. The van der Waals surface area contributed by atoms with Crippen LogP contribution in [0.25, 0.3) is 0 Å². The summed E-state index contributed by atoms with van der Waals surface area (Å²) < 4.78 is 24.4. The van der Waals surface area contributed by atoms with Gasteiger partial charge in [-0.2, -0.15) is 0 Å². The predicted molar refractivity (Wildman–Crippen MR) is 84.9 cm³/mol. The van der Waals surface area contributed by atoms with Crippen molar-refractivity contribution >= 4 is 27.3 Å². The zero-order chi connectivity index (χ0) is 16.3. The van der Waals surface area contributed by atoms with Gasteiger partial charge < -0.3 is 0 Å².